The molecule has 0 aromatic carbocycles. The molecule has 2 aromatic heterocycles. The predicted octanol–water partition coefficient (Wildman–Crippen LogP) is 6.44. The molecule has 0 radical (unpaired) electrons. The fourth-order valence-corrected chi connectivity index (χ4v) is 4.61. The number of alkyl halides is 3. The molecule has 1 aliphatic heterocycles. The van der Waals surface area contributed by atoms with Gasteiger partial charge >= 0.3 is 15.6 Å². The number of amides is 1. The van der Waals surface area contributed by atoms with Crippen LogP contribution >= 0.6 is 0 Å². The first-order chi connectivity index (χ1) is 21.9. The van der Waals surface area contributed by atoms with Crippen molar-refractivity contribution in [3.63, 3.8) is 0 Å². The summed E-state index contributed by atoms with van der Waals surface area (Å²) in [4.78, 5) is 16.6. The highest BCUT2D eigenvalue weighted by atomic mass is 32.2. The van der Waals surface area contributed by atoms with E-state index in [2.05, 4.69) is 32.2 Å². The van der Waals surface area contributed by atoms with Gasteiger partial charge in [-0.2, -0.15) is 26.7 Å². The van der Waals surface area contributed by atoms with Gasteiger partial charge < -0.3 is 18.6 Å². The Hall–Kier alpha value is -4.05. The van der Waals surface area contributed by atoms with Crippen LogP contribution in [0, 0.1) is 0 Å². The van der Waals surface area contributed by atoms with Crippen LogP contribution in [0.5, 0.6) is 5.88 Å². The summed E-state index contributed by atoms with van der Waals surface area (Å²) in [5.41, 5.74) is -4.56. The van der Waals surface area contributed by atoms with Crippen LogP contribution in [0.3, 0.4) is 0 Å². The van der Waals surface area contributed by atoms with Gasteiger partial charge in [-0.05, 0) is 43.9 Å². The SMILES string of the molecule is C=CC.C=COCCOC.CC.O=CN1CCn2nc(-c3nc(OS(=O)(=O)C(F)(F)F)c4c(c3C=C(F)/C=C/F)CCC4)cc2C1. The highest BCUT2D eigenvalue weighted by molar-refractivity contribution is 7.88. The van der Waals surface area contributed by atoms with Gasteiger partial charge in [0.1, 0.15) is 23.8 Å². The molecule has 2 aromatic rings. The summed E-state index contributed by atoms with van der Waals surface area (Å²) in [6.45, 7) is 14.7. The predicted molar refractivity (Wildman–Crippen MR) is 164 cm³/mol. The van der Waals surface area contributed by atoms with Crippen molar-refractivity contribution in [2.75, 3.05) is 26.9 Å². The molecule has 0 unspecified atom stereocenters. The van der Waals surface area contributed by atoms with Crippen LogP contribution in [-0.4, -0.2) is 66.9 Å². The molecule has 1 aliphatic carbocycles. The minimum absolute atomic E-state index is 0.0180. The Morgan fingerprint density at radius 3 is 2.35 bits per heavy atom. The molecule has 0 N–H and O–H groups in total. The molecule has 0 spiro atoms. The van der Waals surface area contributed by atoms with Gasteiger partial charge in [-0.15, -0.1) is 6.58 Å². The number of allylic oxidation sites excluding steroid dienone is 3. The fraction of sp³-hybridized carbons (Fsp3) is 0.433. The van der Waals surface area contributed by atoms with Crippen molar-refractivity contribution in [2.24, 2.45) is 0 Å². The van der Waals surface area contributed by atoms with Crippen LogP contribution in [0.15, 0.2) is 49.8 Å². The number of nitrogens with zero attached hydrogens (tertiary/aromatic N) is 4. The number of rotatable bonds is 10. The van der Waals surface area contributed by atoms with E-state index in [1.54, 1.807) is 17.9 Å². The maximum Gasteiger partial charge on any atom is 0.534 e. The smallest absolute Gasteiger partial charge is 0.499 e. The zero-order valence-electron chi connectivity index (χ0n) is 26.1. The molecule has 0 bridgehead atoms. The van der Waals surface area contributed by atoms with E-state index in [-0.39, 0.29) is 48.2 Å². The van der Waals surface area contributed by atoms with Gasteiger partial charge in [0, 0.05) is 30.9 Å². The Bertz CT molecular complexity index is 1470. The summed E-state index contributed by atoms with van der Waals surface area (Å²) >= 11 is 0. The molecule has 0 saturated carbocycles. The largest absolute Gasteiger partial charge is 0.534 e. The summed E-state index contributed by atoms with van der Waals surface area (Å²) < 4.78 is 104. The number of halogens is 5. The van der Waals surface area contributed by atoms with Crippen molar-refractivity contribution in [3.05, 3.63) is 72.2 Å². The lowest BCUT2D eigenvalue weighted by atomic mass is 10.00. The lowest BCUT2D eigenvalue weighted by Gasteiger charge is -2.23. The van der Waals surface area contributed by atoms with Crippen LogP contribution in [0.1, 0.15) is 49.6 Å². The van der Waals surface area contributed by atoms with Crippen LogP contribution in [0.2, 0.25) is 0 Å². The number of fused-ring (bicyclic) bond motifs is 2. The lowest BCUT2D eigenvalue weighted by molar-refractivity contribution is -0.119. The van der Waals surface area contributed by atoms with Gasteiger partial charge in [-0.25, -0.2) is 13.8 Å². The Labute approximate surface area is 266 Å². The van der Waals surface area contributed by atoms with E-state index in [4.69, 9.17) is 4.74 Å². The molecule has 2 aliphatic rings. The molecule has 256 valence electrons. The summed E-state index contributed by atoms with van der Waals surface area (Å²) in [6.07, 6.45) is 6.15. The van der Waals surface area contributed by atoms with Gasteiger partial charge in [0.05, 0.1) is 38.0 Å². The van der Waals surface area contributed by atoms with E-state index in [1.165, 1.54) is 17.2 Å². The van der Waals surface area contributed by atoms with E-state index in [9.17, 15) is 35.2 Å². The van der Waals surface area contributed by atoms with Gasteiger partial charge in [-0.3, -0.25) is 9.48 Å². The Kier molecular flexibility index (Phi) is 16.9. The number of carbonyl (C=O) groups excluding carboxylic acids is 1. The van der Waals surface area contributed by atoms with E-state index < -0.39 is 27.3 Å². The third-order valence-corrected chi connectivity index (χ3v) is 6.93. The van der Waals surface area contributed by atoms with Crippen molar-refractivity contribution in [1.82, 2.24) is 19.7 Å². The molecule has 0 fully saturated rings. The van der Waals surface area contributed by atoms with Crippen molar-refractivity contribution < 1.29 is 48.8 Å². The Morgan fingerprint density at radius 1 is 1.13 bits per heavy atom. The highest BCUT2D eigenvalue weighted by Gasteiger charge is 2.49. The standard InChI is InChI=1S/C20H17F5N4O4S.C5H10O2.C3H6.C2H6/c21-5-4-12(22)8-16-14-2-1-3-15(14)19(33-34(31,32)20(23,24)25)26-18(16)17-9-13-10-28(11-30)6-7-29(13)27-17;1-3-7-5-4-6-2;1-3-2;1-2/h4-5,8-9,11H,1-3,6-7,10H2;3H,1,4-5H2,2H3;3H,1H2,2H3;1-2H3/b5-4+,12-8?;;;. The summed E-state index contributed by atoms with van der Waals surface area (Å²) in [5, 5.41) is 4.36. The maximum atomic E-state index is 14.3. The summed E-state index contributed by atoms with van der Waals surface area (Å²) in [7, 11) is -4.38. The second kappa shape index (κ2) is 19.5. The average molecular weight is 679 g/mol. The zero-order chi connectivity index (χ0) is 34.9. The van der Waals surface area contributed by atoms with Crippen molar-refractivity contribution >= 4 is 22.6 Å². The maximum absolute atomic E-state index is 14.3. The van der Waals surface area contributed by atoms with Gasteiger partial charge in [0.2, 0.25) is 12.3 Å². The van der Waals surface area contributed by atoms with Crippen molar-refractivity contribution in [2.45, 2.75) is 58.6 Å². The number of hydrogen-bond acceptors (Lipinski definition) is 8. The van der Waals surface area contributed by atoms with E-state index >= 15 is 0 Å². The number of aromatic nitrogens is 3. The summed E-state index contributed by atoms with van der Waals surface area (Å²) in [5.74, 6) is -1.76. The first-order valence-corrected chi connectivity index (χ1v) is 15.5. The minimum Gasteiger partial charge on any atom is -0.499 e. The third kappa shape index (κ3) is 11.1. The second-order valence-corrected chi connectivity index (χ2v) is 10.6. The van der Waals surface area contributed by atoms with Crippen LogP contribution in [0.25, 0.3) is 17.5 Å². The first-order valence-electron chi connectivity index (χ1n) is 14.1. The minimum atomic E-state index is -6.01. The van der Waals surface area contributed by atoms with Gasteiger partial charge in [0.15, 0.2) is 0 Å². The second-order valence-electron chi connectivity index (χ2n) is 9.05. The van der Waals surface area contributed by atoms with E-state index in [0.29, 0.717) is 56.5 Å². The van der Waals surface area contributed by atoms with Gasteiger partial charge in [-0.1, -0.05) is 26.5 Å². The molecule has 16 heteroatoms. The van der Waals surface area contributed by atoms with Crippen molar-refractivity contribution in [1.29, 1.82) is 0 Å². The molecular formula is C30H39F5N4O6S. The molecule has 10 nitrogen and oxygen atoms in total. The molecule has 1 amide bonds. The zero-order valence-corrected chi connectivity index (χ0v) is 27.0. The highest BCUT2D eigenvalue weighted by Crippen LogP contribution is 2.40. The third-order valence-electron chi connectivity index (χ3n) is 5.99. The van der Waals surface area contributed by atoms with Crippen LogP contribution in [-0.2, 0) is 50.3 Å². The average Bonchev–Trinajstić information content (AvgIpc) is 3.67. The van der Waals surface area contributed by atoms with E-state index in [0.717, 1.165) is 6.08 Å². The number of pyridine rings is 1. The first kappa shape index (κ1) is 40.0. The molecule has 3 heterocycles. The fourth-order valence-electron chi connectivity index (χ4n) is 4.17. The molecule has 0 saturated heterocycles. The quantitative estimate of drug-likeness (QED) is 0.0413. The topological polar surface area (TPSA) is 113 Å². The normalized spacial score (nSPS) is 13.9. The number of methoxy groups -OCH3 is 1. The number of ether oxygens (including phenoxy) is 2. The van der Waals surface area contributed by atoms with Gasteiger partial charge in [0.25, 0.3) is 0 Å². The Morgan fingerprint density at radius 2 is 1.78 bits per heavy atom. The molecule has 0 atom stereocenters. The molecule has 46 heavy (non-hydrogen) atoms. The number of carbonyl (C=O) groups is 1. The molecule has 4 rings (SSSR count). The Balaban J connectivity index is 0.000000760. The summed E-state index contributed by atoms with van der Waals surface area (Å²) in [6, 6.07) is 1.52. The molecular weight excluding hydrogens is 639 g/mol. The van der Waals surface area contributed by atoms with Crippen molar-refractivity contribution in [3.8, 4) is 17.3 Å². The monoisotopic (exact) mass is 678 g/mol. The van der Waals surface area contributed by atoms with Crippen LogP contribution in [0.4, 0.5) is 22.0 Å². The van der Waals surface area contributed by atoms with Crippen LogP contribution < -0.4 is 4.18 Å². The number of hydrogen-bond donors (Lipinski definition) is 0. The van der Waals surface area contributed by atoms with E-state index in [1.807, 2.05) is 20.8 Å². The lowest BCUT2D eigenvalue weighted by Crippen LogP contribution is -2.32.